The lowest BCUT2D eigenvalue weighted by atomic mass is 10.5. The van der Waals surface area contributed by atoms with Gasteiger partial charge in [0.25, 0.3) is 0 Å². The zero-order chi connectivity index (χ0) is 11.8. The van der Waals surface area contributed by atoms with Gasteiger partial charge in [-0.1, -0.05) is 31.4 Å². The van der Waals surface area contributed by atoms with Crippen LogP contribution in [0.3, 0.4) is 0 Å². The molecular formula is C12H20O2. The van der Waals surface area contributed by atoms with Crippen molar-refractivity contribution in [3.63, 3.8) is 0 Å². The molecule has 80 valence electrons. The molecule has 0 N–H and O–H groups in total. The molecule has 14 heavy (non-hydrogen) atoms. The highest BCUT2D eigenvalue weighted by molar-refractivity contribution is 5.81. The van der Waals surface area contributed by atoms with E-state index >= 15 is 0 Å². The Kier molecular flexibility index (Phi) is 29.4. The third-order valence-electron chi connectivity index (χ3n) is 0.782. The number of ether oxygens (including phenoxy) is 1. The summed E-state index contributed by atoms with van der Waals surface area (Å²) in [6.07, 6.45) is 6.72. The van der Waals surface area contributed by atoms with Crippen LogP contribution < -0.4 is 0 Å². The Balaban J connectivity index is -0.000000152. The number of esters is 1. The minimum Gasteiger partial charge on any atom is -0.463 e. The van der Waals surface area contributed by atoms with Crippen molar-refractivity contribution < 1.29 is 9.53 Å². The van der Waals surface area contributed by atoms with Gasteiger partial charge in [-0.2, -0.15) is 0 Å². The molecule has 0 saturated carbocycles. The Morgan fingerprint density at radius 2 is 1.86 bits per heavy atom. The fourth-order valence-corrected chi connectivity index (χ4v) is 0.337. The van der Waals surface area contributed by atoms with Crippen molar-refractivity contribution in [2.75, 3.05) is 6.61 Å². The van der Waals surface area contributed by atoms with Crippen LogP contribution in [0, 0.1) is 0 Å². The first-order valence-corrected chi connectivity index (χ1v) is 4.25. The van der Waals surface area contributed by atoms with Gasteiger partial charge in [0.05, 0.1) is 6.61 Å². The summed E-state index contributed by atoms with van der Waals surface area (Å²) in [5, 5.41) is 0. The van der Waals surface area contributed by atoms with Gasteiger partial charge in [-0.3, -0.25) is 0 Å². The van der Waals surface area contributed by atoms with Crippen molar-refractivity contribution in [2.45, 2.75) is 13.8 Å². The summed E-state index contributed by atoms with van der Waals surface area (Å²) in [6.45, 7) is 16.8. The first-order valence-electron chi connectivity index (χ1n) is 4.25. The van der Waals surface area contributed by atoms with Crippen LogP contribution in [0.2, 0.25) is 0 Å². The fraction of sp³-hybridized carbons (Fsp3) is 0.250. The number of rotatable bonds is 3. The average molecular weight is 196 g/mol. The molecule has 0 heterocycles. The van der Waals surface area contributed by atoms with Gasteiger partial charge in [0.2, 0.25) is 0 Å². The molecule has 0 aliphatic carbocycles. The predicted octanol–water partition coefficient (Wildman–Crippen LogP) is 3.29. The first kappa shape index (κ1) is 18.3. The van der Waals surface area contributed by atoms with Gasteiger partial charge in [0.15, 0.2) is 0 Å². The summed E-state index contributed by atoms with van der Waals surface area (Å²) in [6, 6.07) is 0. The molecule has 0 saturated heterocycles. The highest BCUT2D eigenvalue weighted by atomic mass is 16.5. The minimum absolute atomic E-state index is 0.359. The molecule has 2 nitrogen and oxygen atoms in total. The average Bonchev–Trinajstić information content (AvgIpc) is 2.23. The van der Waals surface area contributed by atoms with Crippen LogP contribution in [-0.4, -0.2) is 12.6 Å². The highest BCUT2D eigenvalue weighted by Gasteiger charge is 1.86. The lowest BCUT2D eigenvalue weighted by molar-refractivity contribution is -0.137. The molecule has 0 aromatic carbocycles. The summed E-state index contributed by atoms with van der Waals surface area (Å²) in [7, 11) is 0. The maximum absolute atomic E-state index is 10.1. The number of carbonyl (C=O) groups is 1. The van der Waals surface area contributed by atoms with E-state index in [1.165, 1.54) is 0 Å². The van der Waals surface area contributed by atoms with Crippen LogP contribution in [0.1, 0.15) is 13.8 Å². The highest BCUT2D eigenvalue weighted by Crippen LogP contribution is 1.74. The lowest BCUT2D eigenvalue weighted by Crippen LogP contribution is -1.97. The van der Waals surface area contributed by atoms with Gasteiger partial charge < -0.3 is 4.74 Å². The van der Waals surface area contributed by atoms with Gasteiger partial charge in [-0.05, 0) is 13.8 Å². The van der Waals surface area contributed by atoms with Crippen molar-refractivity contribution in [1.29, 1.82) is 0 Å². The Morgan fingerprint density at radius 3 is 1.93 bits per heavy atom. The van der Waals surface area contributed by atoms with E-state index in [0.29, 0.717) is 6.61 Å². The van der Waals surface area contributed by atoms with Gasteiger partial charge >= 0.3 is 5.97 Å². The third kappa shape index (κ3) is 31.5. The normalized spacial score (nSPS) is 7.29. The third-order valence-corrected chi connectivity index (χ3v) is 0.782. The Bertz CT molecular complexity index is 169. The molecule has 0 aliphatic heterocycles. The maximum atomic E-state index is 10.1. The second kappa shape index (κ2) is 22.5. The molecule has 0 radical (unpaired) electrons. The van der Waals surface area contributed by atoms with Crippen molar-refractivity contribution >= 4 is 5.97 Å². The minimum atomic E-state index is -0.359. The molecule has 0 aliphatic rings. The largest absolute Gasteiger partial charge is 0.463 e. The molecule has 0 rings (SSSR count). The quantitative estimate of drug-likeness (QED) is 0.300. The molecule has 0 amide bonds. The fourth-order valence-electron chi connectivity index (χ4n) is 0.337. The van der Waals surface area contributed by atoms with E-state index in [2.05, 4.69) is 31.1 Å². The molecule has 0 fully saturated rings. The first-order chi connectivity index (χ1) is 6.72. The summed E-state index contributed by atoms with van der Waals surface area (Å²) in [4.78, 5) is 10.1. The van der Waals surface area contributed by atoms with Gasteiger partial charge in [0.1, 0.15) is 0 Å². The summed E-state index contributed by atoms with van der Waals surface area (Å²) >= 11 is 0. The van der Waals surface area contributed by atoms with E-state index in [1.807, 2.05) is 19.1 Å². The number of hydrogen-bond acceptors (Lipinski definition) is 2. The zero-order valence-electron chi connectivity index (χ0n) is 9.16. The van der Waals surface area contributed by atoms with E-state index < -0.39 is 0 Å². The van der Waals surface area contributed by atoms with Crippen LogP contribution >= 0.6 is 0 Å². The van der Waals surface area contributed by atoms with Crippen molar-refractivity contribution in [2.24, 2.45) is 0 Å². The molecule has 0 spiro atoms. The maximum Gasteiger partial charge on any atom is 0.330 e. The summed E-state index contributed by atoms with van der Waals surface area (Å²) in [5.41, 5.74) is 0. The van der Waals surface area contributed by atoms with Crippen LogP contribution in [0.15, 0.2) is 50.6 Å². The Hall–Kier alpha value is -1.57. The van der Waals surface area contributed by atoms with Crippen LogP contribution in [0.5, 0.6) is 0 Å². The van der Waals surface area contributed by atoms with E-state index in [4.69, 9.17) is 0 Å². The van der Waals surface area contributed by atoms with Crippen LogP contribution in [0.4, 0.5) is 0 Å². The van der Waals surface area contributed by atoms with Crippen LogP contribution in [-0.2, 0) is 9.53 Å². The molecule has 0 aromatic heterocycles. The SMILES string of the molecule is C=C.C=CC(=O)OCC.C=CC=CC. The molecule has 0 unspecified atom stereocenters. The molecule has 0 atom stereocenters. The van der Waals surface area contributed by atoms with E-state index in [9.17, 15) is 4.79 Å². The molecule has 0 aromatic rings. The van der Waals surface area contributed by atoms with Crippen molar-refractivity contribution in [3.05, 3.63) is 50.6 Å². The van der Waals surface area contributed by atoms with E-state index in [0.717, 1.165) is 6.08 Å². The number of allylic oxidation sites excluding steroid dienone is 3. The van der Waals surface area contributed by atoms with Crippen molar-refractivity contribution in [1.82, 2.24) is 0 Å². The monoisotopic (exact) mass is 196 g/mol. The smallest absolute Gasteiger partial charge is 0.330 e. The zero-order valence-corrected chi connectivity index (χ0v) is 9.16. The van der Waals surface area contributed by atoms with Gasteiger partial charge in [-0.25, -0.2) is 4.79 Å². The van der Waals surface area contributed by atoms with Gasteiger partial charge in [-0.15, -0.1) is 13.2 Å². The summed E-state index contributed by atoms with van der Waals surface area (Å²) < 4.78 is 4.43. The Labute approximate surface area is 87.3 Å². The standard InChI is InChI=1S/C5H8O2.C5H8.C2H4/c1-3-5(6)7-4-2;1-3-5-4-2;1-2/h3H,1,4H2,2H3;3-5H,1H2,2H3;1-2H2. The summed E-state index contributed by atoms with van der Waals surface area (Å²) in [5.74, 6) is -0.359. The van der Waals surface area contributed by atoms with Crippen molar-refractivity contribution in [3.8, 4) is 0 Å². The second-order valence-corrected chi connectivity index (χ2v) is 1.72. The predicted molar refractivity (Wildman–Crippen MR) is 63.1 cm³/mol. The Morgan fingerprint density at radius 1 is 1.36 bits per heavy atom. The molecular weight excluding hydrogens is 176 g/mol. The van der Waals surface area contributed by atoms with Gasteiger partial charge in [0, 0.05) is 6.08 Å². The van der Waals surface area contributed by atoms with Crippen LogP contribution in [0.25, 0.3) is 0 Å². The molecule has 0 bridgehead atoms. The molecule has 2 heteroatoms. The number of hydrogen-bond donors (Lipinski definition) is 0. The lowest BCUT2D eigenvalue weighted by Gasteiger charge is -1.90. The topological polar surface area (TPSA) is 26.3 Å². The number of carbonyl (C=O) groups excluding carboxylic acids is 1. The van der Waals surface area contributed by atoms with E-state index in [1.54, 1.807) is 13.0 Å². The van der Waals surface area contributed by atoms with E-state index in [-0.39, 0.29) is 5.97 Å². The second-order valence-electron chi connectivity index (χ2n) is 1.72.